The van der Waals surface area contributed by atoms with E-state index in [1.54, 1.807) is 6.07 Å². The van der Waals surface area contributed by atoms with E-state index in [-0.39, 0.29) is 11.9 Å². The van der Waals surface area contributed by atoms with Gasteiger partial charge >= 0.3 is 6.09 Å². The van der Waals surface area contributed by atoms with Gasteiger partial charge in [0.2, 0.25) is 0 Å². The number of aryl methyl sites for hydroxylation is 1. The highest BCUT2D eigenvalue weighted by atomic mass is 19.1. The van der Waals surface area contributed by atoms with Crippen LogP contribution < -0.4 is 10.6 Å². The van der Waals surface area contributed by atoms with Crippen molar-refractivity contribution in [3.63, 3.8) is 0 Å². The predicted octanol–water partition coefficient (Wildman–Crippen LogP) is 3.53. The number of benzene rings is 1. The molecule has 0 aliphatic heterocycles. The fourth-order valence-corrected chi connectivity index (χ4v) is 1.98. The summed E-state index contributed by atoms with van der Waals surface area (Å²) in [6.07, 6.45) is 0.372. The fraction of sp³-hybridized carbons (Fsp3) is 0.588. The molecule has 0 heterocycles. The van der Waals surface area contributed by atoms with Gasteiger partial charge in [0.1, 0.15) is 11.4 Å². The Labute approximate surface area is 132 Å². The molecule has 0 saturated heterocycles. The van der Waals surface area contributed by atoms with Crippen LogP contribution in [0.15, 0.2) is 18.2 Å². The van der Waals surface area contributed by atoms with Gasteiger partial charge in [0.15, 0.2) is 0 Å². The van der Waals surface area contributed by atoms with E-state index in [0.29, 0.717) is 13.1 Å². The molecular weight excluding hydrogens is 283 g/mol. The largest absolute Gasteiger partial charge is 0.444 e. The third kappa shape index (κ3) is 6.89. The number of rotatable bonds is 6. The molecule has 2 N–H and O–H groups in total. The van der Waals surface area contributed by atoms with Crippen molar-refractivity contribution in [3.8, 4) is 0 Å². The van der Waals surface area contributed by atoms with Crippen molar-refractivity contribution in [1.82, 2.24) is 10.6 Å². The standard InChI is InChI=1S/C17H27FN2O2/c1-6-15(20-16(21)22-17(3,4)5)11-19-10-13-9-14(18)8-7-12(13)2/h7-9,15,19H,6,10-11H2,1-5H3,(H,20,21). The predicted molar refractivity (Wildman–Crippen MR) is 86.3 cm³/mol. The highest BCUT2D eigenvalue weighted by molar-refractivity contribution is 5.68. The fourth-order valence-electron chi connectivity index (χ4n) is 1.98. The van der Waals surface area contributed by atoms with Crippen LogP contribution in [0.1, 0.15) is 45.2 Å². The summed E-state index contributed by atoms with van der Waals surface area (Å²) in [7, 11) is 0. The summed E-state index contributed by atoms with van der Waals surface area (Å²) in [5, 5.41) is 6.09. The van der Waals surface area contributed by atoms with E-state index in [9.17, 15) is 9.18 Å². The third-order valence-corrected chi connectivity index (χ3v) is 3.23. The van der Waals surface area contributed by atoms with Crippen LogP contribution in [-0.2, 0) is 11.3 Å². The van der Waals surface area contributed by atoms with Gasteiger partial charge in [-0.1, -0.05) is 13.0 Å². The van der Waals surface area contributed by atoms with Crippen LogP contribution in [0.5, 0.6) is 0 Å². The molecule has 4 nitrogen and oxygen atoms in total. The van der Waals surface area contributed by atoms with Crippen LogP contribution in [0.2, 0.25) is 0 Å². The summed E-state index contributed by atoms with van der Waals surface area (Å²) in [6.45, 7) is 10.6. The zero-order valence-electron chi connectivity index (χ0n) is 14.1. The molecule has 1 rings (SSSR count). The van der Waals surface area contributed by atoms with Gasteiger partial charge in [-0.3, -0.25) is 0 Å². The number of hydrogen-bond acceptors (Lipinski definition) is 3. The minimum Gasteiger partial charge on any atom is -0.444 e. The van der Waals surface area contributed by atoms with Gasteiger partial charge in [-0.25, -0.2) is 9.18 Å². The molecule has 5 heteroatoms. The molecule has 0 aliphatic carbocycles. The van der Waals surface area contributed by atoms with Crippen molar-refractivity contribution in [2.24, 2.45) is 0 Å². The average molecular weight is 310 g/mol. The zero-order chi connectivity index (χ0) is 16.8. The SMILES string of the molecule is CCC(CNCc1cc(F)ccc1C)NC(=O)OC(C)(C)C. The summed E-state index contributed by atoms with van der Waals surface area (Å²) in [5.41, 5.74) is 1.46. The van der Waals surface area contributed by atoms with Crippen molar-refractivity contribution >= 4 is 6.09 Å². The lowest BCUT2D eigenvalue weighted by molar-refractivity contribution is 0.0502. The van der Waals surface area contributed by atoms with E-state index in [1.807, 2.05) is 34.6 Å². The third-order valence-electron chi connectivity index (χ3n) is 3.23. The molecule has 0 saturated carbocycles. The van der Waals surface area contributed by atoms with E-state index in [4.69, 9.17) is 4.74 Å². The number of carbonyl (C=O) groups is 1. The number of halogens is 1. The van der Waals surface area contributed by atoms with E-state index in [0.717, 1.165) is 17.5 Å². The quantitative estimate of drug-likeness (QED) is 0.845. The molecule has 22 heavy (non-hydrogen) atoms. The van der Waals surface area contributed by atoms with E-state index < -0.39 is 11.7 Å². The minimum absolute atomic E-state index is 0.0243. The van der Waals surface area contributed by atoms with Crippen molar-refractivity contribution in [2.75, 3.05) is 6.54 Å². The van der Waals surface area contributed by atoms with Crippen molar-refractivity contribution in [2.45, 2.75) is 59.2 Å². The molecular formula is C17H27FN2O2. The number of nitrogens with one attached hydrogen (secondary N) is 2. The molecule has 0 aromatic heterocycles. The number of carbonyl (C=O) groups excluding carboxylic acids is 1. The molecule has 0 bridgehead atoms. The maximum Gasteiger partial charge on any atom is 0.407 e. The summed E-state index contributed by atoms with van der Waals surface area (Å²) in [4.78, 5) is 11.7. The van der Waals surface area contributed by atoms with Crippen LogP contribution in [0.25, 0.3) is 0 Å². The summed E-state index contributed by atoms with van der Waals surface area (Å²) in [5.74, 6) is -0.235. The van der Waals surface area contributed by atoms with Crippen LogP contribution in [-0.4, -0.2) is 24.3 Å². The highest BCUT2D eigenvalue weighted by Gasteiger charge is 2.18. The minimum atomic E-state index is -0.505. The topological polar surface area (TPSA) is 50.4 Å². The van der Waals surface area contributed by atoms with Crippen LogP contribution in [0, 0.1) is 12.7 Å². The lowest BCUT2D eigenvalue weighted by atomic mass is 10.1. The number of amides is 1. The van der Waals surface area contributed by atoms with Gasteiger partial charge < -0.3 is 15.4 Å². The normalized spacial score (nSPS) is 12.8. The van der Waals surface area contributed by atoms with Gasteiger partial charge in [-0.05, 0) is 57.4 Å². The Bertz CT molecular complexity index is 498. The molecule has 1 atom stereocenters. The van der Waals surface area contributed by atoms with E-state index in [2.05, 4.69) is 10.6 Å². The lowest BCUT2D eigenvalue weighted by Crippen LogP contribution is -2.43. The molecule has 0 aliphatic rings. The maximum atomic E-state index is 13.2. The van der Waals surface area contributed by atoms with E-state index >= 15 is 0 Å². The number of ether oxygens (including phenoxy) is 1. The molecule has 1 unspecified atom stereocenters. The van der Waals surface area contributed by atoms with Crippen molar-refractivity contribution < 1.29 is 13.9 Å². The maximum absolute atomic E-state index is 13.2. The molecule has 1 aromatic rings. The zero-order valence-corrected chi connectivity index (χ0v) is 14.1. The first-order chi connectivity index (χ1) is 10.2. The number of alkyl carbamates (subject to hydrolysis) is 1. The van der Waals surface area contributed by atoms with Gasteiger partial charge in [0.25, 0.3) is 0 Å². The van der Waals surface area contributed by atoms with Gasteiger partial charge in [-0.15, -0.1) is 0 Å². The lowest BCUT2D eigenvalue weighted by Gasteiger charge is -2.23. The summed E-state index contributed by atoms with van der Waals surface area (Å²) >= 11 is 0. The highest BCUT2D eigenvalue weighted by Crippen LogP contribution is 2.10. The molecule has 1 amide bonds. The Hall–Kier alpha value is -1.62. The molecule has 1 aromatic carbocycles. The average Bonchev–Trinajstić information content (AvgIpc) is 2.39. The Kier molecular flexibility index (Phi) is 6.81. The van der Waals surface area contributed by atoms with E-state index in [1.165, 1.54) is 12.1 Å². The number of hydrogen-bond donors (Lipinski definition) is 2. The van der Waals surface area contributed by atoms with Gasteiger partial charge in [0.05, 0.1) is 0 Å². The van der Waals surface area contributed by atoms with Crippen LogP contribution >= 0.6 is 0 Å². The first-order valence-corrected chi connectivity index (χ1v) is 7.66. The summed E-state index contributed by atoms with van der Waals surface area (Å²) in [6, 6.07) is 4.73. The molecule has 0 spiro atoms. The Balaban J connectivity index is 2.44. The van der Waals surface area contributed by atoms with Crippen LogP contribution in [0.3, 0.4) is 0 Å². The summed E-state index contributed by atoms with van der Waals surface area (Å²) < 4.78 is 18.5. The van der Waals surface area contributed by atoms with Gasteiger partial charge in [0, 0.05) is 19.1 Å². The van der Waals surface area contributed by atoms with Gasteiger partial charge in [-0.2, -0.15) is 0 Å². The second kappa shape index (κ2) is 8.13. The van der Waals surface area contributed by atoms with Crippen LogP contribution in [0.4, 0.5) is 9.18 Å². The van der Waals surface area contributed by atoms with Crippen molar-refractivity contribution in [3.05, 3.63) is 35.1 Å². The second-order valence-corrected chi connectivity index (χ2v) is 6.45. The Morgan fingerprint density at radius 3 is 2.64 bits per heavy atom. The van der Waals surface area contributed by atoms with Crippen molar-refractivity contribution in [1.29, 1.82) is 0 Å². The monoisotopic (exact) mass is 310 g/mol. The second-order valence-electron chi connectivity index (χ2n) is 6.45. The molecule has 124 valence electrons. The smallest absolute Gasteiger partial charge is 0.407 e. The first kappa shape index (κ1) is 18.4. The first-order valence-electron chi connectivity index (χ1n) is 7.66. The Morgan fingerprint density at radius 2 is 2.05 bits per heavy atom. The Morgan fingerprint density at radius 1 is 1.36 bits per heavy atom. The molecule has 0 radical (unpaired) electrons. The molecule has 0 fully saturated rings.